The monoisotopic (exact) mass is 352 g/mol. The van der Waals surface area contributed by atoms with Crippen molar-refractivity contribution in [3.8, 4) is 5.75 Å². The number of likely N-dealkylation sites (N-methyl/N-ethyl adjacent to an activating group) is 1. The Bertz CT molecular complexity index is 761. The molecule has 2 aromatic carbocycles. The standard InChI is InChI=1S/C21H24N2O3/c1-22(15-17-14-16-6-2-5-9-20(16)26-17)21(24)18-7-3-4-8-19(18)23-10-12-25-13-11-23/h2-9,17H,10-15H2,1H3. The largest absolute Gasteiger partial charge is 0.488 e. The summed E-state index contributed by atoms with van der Waals surface area (Å²) in [6.45, 7) is 3.61. The van der Waals surface area contributed by atoms with Gasteiger partial charge in [0, 0.05) is 32.2 Å². The van der Waals surface area contributed by atoms with Crippen molar-refractivity contribution in [1.82, 2.24) is 4.90 Å². The van der Waals surface area contributed by atoms with E-state index in [4.69, 9.17) is 9.47 Å². The first-order valence-electron chi connectivity index (χ1n) is 9.14. The fraction of sp³-hybridized carbons (Fsp3) is 0.381. The lowest BCUT2D eigenvalue weighted by Gasteiger charge is -2.31. The molecule has 0 radical (unpaired) electrons. The van der Waals surface area contributed by atoms with Crippen molar-refractivity contribution in [3.63, 3.8) is 0 Å². The summed E-state index contributed by atoms with van der Waals surface area (Å²) in [5.41, 5.74) is 2.95. The molecule has 2 aliphatic heterocycles. The number of carbonyl (C=O) groups is 1. The van der Waals surface area contributed by atoms with E-state index in [-0.39, 0.29) is 12.0 Å². The van der Waals surface area contributed by atoms with Crippen LogP contribution in [0.3, 0.4) is 0 Å². The molecule has 1 unspecified atom stereocenters. The SMILES string of the molecule is CN(CC1Cc2ccccc2O1)C(=O)c1ccccc1N1CCOCC1. The van der Waals surface area contributed by atoms with E-state index in [0.717, 1.165) is 36.5 Å². The van der Waals surface area contributed by atoms with Crippen molar-refractivity contribution < 1.29 is 14.3 Å². The van der Waals surface area contributed by atoms with Gasteiger partial charge in [-0.3, -0.25) is 4.79 Å². The third-order valence-corrected chi connectivity index (χ3v) is 5.02. The number of nitrogens with zero attached hydrogens (tertiary/aromatic N) is 2. The van der Waals surface area contributed by atoms with Crippen LogP contribution in [-0.4, -0.2) is 56.8 Å². The minimum absolute atomic E-state index is 0.0110. The van der Waals surface area contributed by atoms with Gasteiger partial charge in [-0.25, -0.2) is 0 Å². The maximum Gasteiger partial charge on any atom is 0.255 e. The van der Waals surface area contributed by atoms with Crippen LogP contribution in [0.2, 0.25) is 0 Å². The zero-order valence-corrected chi connectivity index (χ0v) is 15.1. The molecule has 0 bridgehead atoms. The van der Waals surface area contributed by atoms with Crippen LogP contribution in [0, 0.1) is 0 Å². The van der Waals surface area contributed by atoms with E-state index < -0.39 is 0 Å². The first kappa shape index (κ1) is 16.9. The lowest BCUT2D eigenvalue weighted by molar-refractivity contribution is 0.0730. The zero-order valence-electron chi connectivity index (χ0n) is 15.1. The van der Waals surface area contributed by atoms with Crippen LogP contribution in [0.4, 0.5) is 5.69 Å². The smallest absolute Gasteiger partial charge is 0.255 e. The van der Waals surface area contributed by atoms with E-state index >= 15 is 0 Å². The van der Waals surface area contributed by atoms with Gasteiger partial charge in [0.15, 0.2) is 0 Å². The number of ether oxygens (including phenoxy) is 2. The molecule has 4 rings (SSSR count). The Morgan fingerprint density at radius 1 is 1.12 bits per heavy atom. The van der Waals surface area contributed by atoms with Gasteiger partial charge in [0.1, 0.15) is 11.9 Å². The van der Waals surface area contributed by atoms with E-state index in [1.54, 1.807) is 4.90 Å². The van der Waals surface area contributed by atoms with Gasteiger partial charge in [-0.2, -0.15) is 0 Å². The van der Waals surface area contributed by atoms with Gasteiger partial charge in [0.05, 0.1) is 25.3 Å². The molecule has 0 saturated carbocycles. The van der Waals surface area contributed by atoms with Gasteiger partial charge >= 0.3 is 0 Å². The third-order valence-electron chi connectivity index (χ3n) is 5.02. The fourth-order valence-corrected chi connectivity index (χ4v) is 3.68. The Labute approximate surface area is 154 Å². The summed E-state index contributed by atoms with van der Waals surface area (Å²) in [5, 5.41) is 0. The predicted octanol–water partition coefficient (Wildman–Crippen LogP) is 2.60. The summed E-state index contributed by atoms with van der Waals surface area (Å²) >= 11 is 0. The summed E-state index contributed by atoms with van der Waals surface area (Å²) in [7, 11) is 1.85. The number of fused-ring (bicyclic) bond motifs is 1. The predicted molar refractivity (Wildman–Crippen MR) is 101 cm³/mol. The Kier molecular flexibility index (Phi) is 4.80. The molecule has 1 fully saturated rings. The van der Waals surface area contributed by atoms with E-state index in [9.17, 15) is 4.79 Å². The molecule has 0 N–H and O–H groups in total. The highest BCUT2D eigenvalue weighted by molar-refractivity contribution is 5.99. The number of rotatable bonds is 4. The minimum atomic E-state index is 0.0110. The van der Waals surface area contributed by atoms with Crippen LogP contribution in [0.25, 0.3) is 0 Å². The third kappa shape index (κ3) is 3.40. The Morgan fingerprint density at radius 2 is 1.85 bits per heavy atom. The first-order chi connectivity index (χ1) is 12.7. The number of amides is 1. The molecular weight excluding hydrogens is 328 g/mol. The van der Waals surface area contributed by atoms with E-state index in [0.29, 0.717) is 19.8 Å². The van der Waals surface area contributed by atoms with Crippen LogP contribution in [0.5, 0.6) is 5.75 Å². The highest BCUT2D eigenvalue weighted by Gasteiger charge is 2.27. The second kappa shape index (κ2) is 7.38. The number of hydrogen-bond acceptors (Lipinski definition) is 4. The van der Waals surface area contributed by atoms with Gasteiger partial charge < -0.3 is 19.3 Å². The van der Waals surface area contributed by atoms with Crippen molar-refractivity contribution in [2.75, 3.05) is 44.8 Å². The summed E-state index contributed by atoms with van der Waals surface area (Å²) < 4.78 is 11.4. The van der Waals surface area contributed by atoms with Crippen LogP contribution >= 0.6 is 0 Å². The molecule has 2 aliphatic rings. The molecular formula is C21H24N2O3. The van der Waals surface area contributed by atoms with Crippen LogP contribution < -0.4 is 9.64 Å². The topological polar surface area (TPSA) is 42.0 Å². The van der Waals surface area contributed by atoms with Crippen LogP contribution in [0.1, 0.15) is 15.9 Å². The summed E-state index contributed by atoms with van der Waals surface area (Å²) in [6.07, 6.45) is 0.857. The van der Waals surface area contributed by atoms with Crippen molar-refractivity contribution >= 4 is 11.6 Å². The normalized spacial score (nSPS) is 19.0. The van der Waals surface area contributed by atoms with Crippen molar-refractivity contribution in [2.45, 2.75) is 12.5 Å². The molecule has 5 heteroatoms. The number of hydrogen-bond donors (Lipinski definition) is 0. The van der Waals surface area contributed by atoms with Gasteiger partial charge in [-0.05, 0) is 23.8 Å². The maximum absolute atomic E-state index is 13.1. The molecule has 0 aliphatic carbocycles. The molecule has 1 atom stereocenters. The molecule has 1 amide bonds. The molecule has 0 spiro atoms. The summed E-state index contributed by atoms with van der Waals surface area (Å²) in [5.74, 6) is 0.971. The molecule has 2 aromatic rings. The second-order valence-electron chi connectivity index (χ2n) is 6.85. The first-order valence-corrected chi connectivity index (χ1v) is 9.14. The summed E-state index contributed by atoms with van der Waals surface area (Å²) in [6, 6.07) is 15.9. The fourth-order valence-electron chi connectivity index (χ4n) is 3.68. The highest BCUT2D eigenvalue weighted by Crippen LogP contribution is 2.29. The molecule has 2 heterocycles. The quantitative estimate of drug-likeness (QED) is 0.848. The van der Waals surface area contributed by atoms with Gasteiger partial charge in [0.2, 0.25) is 0 Å². The Hall–Kier alpha value is -2.53. The molecule has 136 valence electrons. The van der Waals surface area contributed by atoms with E-state index in [1.165, 1.54) is 5.56 Å². The highest BCUT2D eigenvalue weighted by atomic mass is 16.5. The molecule has 0 aromatic heterocycles. The van der Waals surface area contributed by atoms with Gasteiger partial charge in [0.25, 0.3) is 5.91 Å². The van der Waals surface area contributed by atoms with E-state index in [1.807, 2.05) is 49.5 Å². The maximum atomic E-state index is 13.1. The molecule has 26 heavy (non-hydrogen) atoms. The van der Waals surface area contributed by atoms with Gasteiger partial charge in [-0.1, -0.05) is 30.3 Å². The van der Waals surface area contributed by atoms with Gasteiger partial charge in [-0.15, -0.1) is 0 Å². The van der Waals surface area contributed by atoms with E-state index in [2.05, 4.69) is 11.0 Å². The Morgan fingerprint density at radius 3 is 2.65 bits per heavy atom. The minimum Gasteiger partial charge on any atom is -0.488 e. The number of benzene rings is 2. The number of morpholine rings is 1. The van der Waals surface area contributed by atoms with Crippen molar-refractivity contribution in [3.05, 3.63) is 59.7 Å². The molecule has 5 nitrogen and oxygen atoms in total. The average molecular weight is 352 g/mol. The zero-order chi connectivity index (χ0) is 17.9. The lowest BCUT2D eigenvalue weighted by Crippen LogP contribution is -2.39. The van der Waals surface area contributed by atoms with Crippen molar-refractivity contribution in [2.24, 2.45) is 0 Å². The number of para-hydroxylation sites is 2. The summed E-state index contributed by atoms with van der Waals surface area (Å²) in [4.78, 5) is 17.1. The average Bonchev–Trinajstić information content (AvgIpc) is 3.10. The molecule has 1 saturated heterocycles. The Balaban J connectivity index is 1.46. The van der Waals surface area contributed by atoms with Crippen LogP contribution in [-0.2, 0) is 11.2 Å². The number of anilines is 1. The number of carbonyl (C=O) groups excluding carboxylic acids is 1. The second-order valence-corrected chi connectivity index (χ2v) is 6.85. The lowest BCUT2D eigenvalue weighted by atomic mass is 10.1. The van der Waals surface area contributed by atoms with Crippen molar-refractivity contribution in [1.29, 1.82) is 0 Å². The van der Waals surface area contributed by atoms with Crippen LogP contribution in [0.15, 0.2) is 48.5 Å².